The number of benzene rings is 3. The number of carbonyl (C=O) groups is 1. The van der Waals surface area contributed by atoms with E-state index < -0.39 is 0 Å². The molecule has 1 aliphatic heterocycles. The van der Waals surface area contributed by atoms with Crippen molar-refractivity contribution in [3.63, 3.8) is 0 Å². The Morgan fingerprint density at radius 3 is 2.45 bits per heavy atom. The fraction of sp³-hybridized carbons (Fsp3) is 0.185. The summed E-state index contributed by atoms with van der Waals surface area (Å²) in [6.07, 6.45) is 5.31. The standard InChI is InChI=1S/C27H23ClN2O/c28-23-15-7-14-22(18-23)27(31)30-26(20-11-5-2-6-12-20)24-16-8-13-21(25(24)29-30)17-19-9-3-1-4-10-19/h1-7,9-12,14-15,17-18,24,26H,8,13,16H2/b21-17+/t24-,26+/m0/s1. The predicted octanol–water partition coefficient (Wildman–Crippen LogP) is 6.78. The van der Waals surface area contributed by atoms with E-state index in [1.807, 2.05) is 42.5 Å². The average Bonchev–Trinajstić information content (AvgIpc) is 3.20. The van der Waals surface area contributed by atoms with Gasteiger partial charge >= 0.3 is 0 Å². The van der Waals surface area contributed by atoms with Gasteiger partial charge < -0.3 is 0 Å². The minimum Gasteiger partial charge on any atom is -0.267 e. The molecule has 0 N–H and O–H groups in total. The van der Waals surface area contributed by atoms with Crippen molar-refractivity contribution in [1.82, 2.24) is 5.01 Å². The Hall–Kier alpha value is -3.17. The zero-order valence-electron chi connectivity index (χ0n) is 17.1. The van der Waals surface area contributed by atoms with Crippen molar-refractivity contribution in [2.24, 2.45) is 11.0 Å². The molecule has 1 heterocycles. The van der Waals surface area contributed by atoms with E-state index in [1.165, 1.54) is 5.57 Å². The van der Waals surface area contributed by atoms with Gasteiger partial charge in [0.2, 0.25) is 0 Å². The first kappa shape index (κ1) is 19.8. The maximum absolute atomic E-state index is 13.5. The van der Waals surface area contributed by atoms with Crippen molar-refractivity contribution >= 4 is 29.3 Å². The van der Waals surface area contributed by atoms with Crippen LogP contribution >= 0.6 is 11.6 Å². The van der Waals surface area contributed by atoms with E-state index in [4.69, 9.17) is 16.7 Å². The van der Waals surface area contributed by atoms with Gasteiger partial charge in [-0.2, -0.15) is 5.10 Å². The first-order valence-electron chi connectivity index (χ1n) is 10.7. The van der Waals surface area contributed by atoms with Crippen molar-refractivity contribution < 1.29 is 4.79 Å². The molecule has 3 nitrogen and oxygen atoms in total. The molecule has 5 rings (SSSR count). The third-order valence-electron chi connectivity index (χ3n) is 6.06. The van der Waals surface area contributed by atoms with Crippen LogP contribution in [0.3, 0.4) is 0 Å². The number of amides is 1. The highest BCUT2D eigenvalue weighted by Crippen LogP contribution is 2.44. The Kier molecular flexibility index (Phi) is 5.44. The summed E-state index contributed by atoms with van der Waals surface area (Å²) >= 11 is 6.17. The summed E-state index contributed by atoms with van der Waals surface area (Å²) in [5.74, 6) is 0.0755. The fourth-order valence-corrected chi connectivity index (χ4v) is 4.85. The number of hydrazone groups is 1. The second-order valence-corrected chi connectivity index (χ2v) is 8.52. The van der Waals surface area contributed by atoms with Gasteiger partial charge in [-0.3, -0.25) is 4.79 Å². The minimum absolute atomic E-state index is 0.109. The van der Waals surface area contributed by atoms with Crippen LogP contribution in [0.4, 0.5) is 0 Å². The molecule has 3 aromatic carbocycles. The molecular formula is C27H23ClN2O. The number of fused-ring (bicyclic) bond motifs is 1. The third kappa shape index (κ3) is 3.94. The maximum atomic E-state index is 13.5. The Morgan fingerprint density at radius 2 is 1.71 bits per heavy atom. The molecule has 0 aromatic heterocycles. The number of hydrogen-bond acceptors (Lipinski definition) is 2. The van der Waals surface area contributed by atoms with Gasteiger partial charge in [-0.25, -0.2) is 5.01 Å². The Bertz CT molecular complexity index is 1150. The van der Waals surface area contributed by atoms with E-state index in [0.29, 0.717) is 10.6 Å². The molecule has 0 bridgehead atoms. The van der Waals surface area contributed by atoms with Crippen LogP contribution in [0.1, 0.15) is 46.8 Å². The Morgan fingerprint density at radius 1 is 0.968 bits per heavy atom. The number of hydrogen-bond donors (Lipinski definition) is 0. The molecule has 0 unspecified atom stereocenters. The average molecular weight is 427 g/mol. The van der Waals surface area contributed by atoms with Crippen molar-refractivity contribution in [1.29, 1.82) is 0 Å². The van der Waals surface area contributed by atoms with E-state index in [9.17, 15) is 4.79 Å². The molecular weight excluding hydrogens is 404 g/mol. The third-order valence-corrected chi connectivity index (χ3v) is 6.30. The van der Waals surface area contributed by atoms with Crippen LogP contribution in [-0.2, 0) is 0 Å². The lowest BCUT2D eigenvalue weighted by atomic mass is 9.77. The summed E-state index contributed by atoms with van der Waals surface area (Å²) in [4.78, 5) is 13.5. The number of nitrogens with zero attached hydrogens (tertiary/aromatic N) is 2. The minimum atomic E-state index is -0.114. The summed E-state index contributed by atoms with van der Waals surface area (Å²) in [6, 6.07) is 27.6. The second kappa shape index (κ2) is 8.52. The van der Waals surface area contributed by atoms with E-state index in [1.54, 1.807) is 23.2 Å². The molecule has 2 aliphatic rings. The fourth-order valence-electron chi connectivity index (χ4n) is 4.66. The Labute approximate surface area is 187 Å². The van der Waals surface area contributed by atoms with Gasteiger partial charge in [0.1, 0.15) is 0 Å². The van der Waals surface area contributed by atoms with Gasteiger partial charge in [0.05, 0.1) is 11.8 Å². The SMILES string of the molecule is O=C(c1cccc(Cl)c1)N1N=C2/C(=C/c3ccccc3)CCC[C@@H]2[C@H]1c1ccccc1. The molecule has 1 aliphatic carbocycles. The van der Waals surface area contributed by atoms with E-state index in [2.05, 4.69) is 30.3 Å². The van der Waals surface area contributed by atoms with Crippen molar-refractivity contribution in [3.8, 4) is 0 Å². The molecule has 1 saturated carbocycles. The molecule has 1 fully saturated rings. The normalized spacial score (nSPS) is 21.6. The van der Waals surface area contributed by atoms with Gasteiger partial charge in [0.15, 0.2) is 0 Å². The van der Waals surface area contributed by atoms with Crippen molar-refractivity contribution in [2.75, 3.05) is 0 Å². The highest BCUT2D eigenvalue weighted by molar-refractivity contribution is 6.31. The van der Waals surface area contributed by atoms with Gasteiger partial charge in [-0.15, -0.1) is 0 Å². The molecule has 0 radical (unpaired) electrons. The second-order valence-electron chi connectivity index (χ2n) is 8.08. The van der Waals surface area contributed by atoms with Crippen molar-refractivity contribution in [2.45, 2.75) is 25.3 Å². The predicted molar refractivity (Wildman–Crippen MR) is 126 cm³/mol. The molecule has 0 saturated heterocycles. The van der Waals surface area contributed by atoms with E-state index in [0.717, 1.165) is 36.1 Å². The van der Waals surface area contributed by atoms with Crippen LogP contribution in [0.25, 0.3) is 6.08 Å². The first-order valence-corrected chi connectivity index (χ1v) is 11.1. The number of rotatable bonds is 3. The van der Waals surface area contributed by atoms with Gasteiger partial charge in [-0.1, -0.05) is 78.3 Å². The lowest BCUT2D eigenvalue weighted by Gasteiger charge is -2.29. The first-order chi connectivity index (χ1) is 15.2. The van der Waals surface area contributed by atoms with E-state index in [-0.39, 0.29) is 17.9 Å². The smallest absolute Gasteiger partial charge is 0.267 e. The molecule has 31 heavy (non-hydrogen) atoms. The summed E-state index contributed by atoms with van der Waals surface area (Å²) in [7, 11) is 0. The highest BCUT2D eigenvalue weighted by atomic mass is 35.5. The summed E-state index contributed by atoms with van der Waals surface area (Å²) < 4.78 is 0. The topological polar surface area (TPSA) is 32.7 Å². The molecule has 2 atom stereocenters. The van der Waals surface area contributed by atoms with Gasteiger partial charge in [0.25, 0.3) is 5.91 Å². The summed E-state index contributed by atoms with van der Waals surface area (Å²) in [5, 5.41) is 7.18. The Balaban J connectivity index is 1.58. The quantitative estimate of drug-likeness (QED) is 0.454. The zero-order valence-corrected chi connectivity index (χ0v) is 17.9. The molecule has 154 valence electrons. The summed E-state index contributed by atoms with van der Waals surface area (Å²) in [5.41, 5.74) is 5.11. The number of halogens is 1. The lowest BCUT2D eigenvalue weighted by Crippen LogP contribution is -2.31. The molecule has 1 amide bonds. The largest absolute Gasteiger partial charge is 0.274 e. The maximum Gasteiger partial charge on any atom is 0.274 e. The number of allylic oxidation sites excluding steroid dienone is 1. The van der Waals surface area contributed by atoms with Crippen LogP contribution in [0.2, 0.25) is 5.02 Å². The van der Waals surface area contributed by atoms with Crippen molar-refractivity contribution in [3.05, 3.63) is 112 Å². The van der Waals surface area contributed by atoms with Gasteiger partial charge in [-0.05, 0) is 60.2 Å². The lowest BCUT2D eigenvalue weighted by molar-refractivity contribution is 0.0681. The van der Waals surface area contributed by atoms with Crippen LogP contribution in [-0.4, -0.2) is 16.6 Å². The van der Waals surface area contributed by atoms with Crippen LogP contribution in [0.15, 0.2) is 95.6 Å². The number of carbonyl (C=O) groups excluding carboxylic acids is 1. The van der Waals surface area contributed by atoms with E-state index >= 15 is 0 Å². The van der Waals surface area contributed by atoms with Crippen LogP contribution in [0.5, 0.6) is 0 Å². The van der Waals surface area contributed by atoms with Crippen LogP contribution < -0.4 is 0 Å². The molecule has 4 heteroatoms. The molecule has 0 spiro atoms. The zero-order chi connectivity index (χ0) is 21.2. The highest BCUT2D eigenvalue weighted by Gasteiger charge is 2.43. The monoisotopic (exact) mass is 426 g/mol. The van der Waals surface area contributed by atoms with Crippen LogP contribution in [0, 0.1) is 5.92 Å². The van der Waals surface area contributed by atoms with Gasteiger partial charge in [0, 0.05) is 16.5 Å². The summed E-state index contributed by atoms with van der Waals surface area (Å²) in [6.45, 7) is 0. The molecule has 3 aromatic rings.